The molecular weight excluding hydrogens is 278 g/mol. The molecule has 3 nitrogen and oxygen atoms in total. The summed E-state index contributed by atoms with van der Waals surface area (Å²) >= 11 is 1.75. The first-order chi connectivity index (χ1) is 10.1. The highest BCUT2D eigenvalue weighted by Crippen LogP contribution is 2.33. The van der Waals surface area contributed by atoms with Gasteiger partial charge in [0.15, 0.2) is 0 Å². The summed E-state index contributed by atoms with van der Waals surface area (Å²) in [6, 6.07) is 8.52. The maximum Gasteiger partial charge on any atom is 0.138 e. The monoisotopic (exact) mass is 297 g/mol. The number of aromatic nitrogens is 2. The third-order valence-electron chi connectivity index (χ3n) is 3.76. The standard InChI is InChI=1S/C17H19N3S/c1-10-6-5-7-13(8-10)9-14-19-16(18-4)15-11(2)12(3)21-17(15)20-14/h5-8H,9H2,1-4H3,(H,18,19,20). The minimum atomic E-state index is 0.766. The molecule has 108 valence electrons. The maximum absolute atomic E-state index is 4.76. The lowest BCUT2D eigenvalue weighted by Gasteiger charge is -2.07. The molecule has 3 aromatic rings. The number of fused-ring (bicyclic) bond motifs is 1. The fourth-order valence-electron chi connectivity index (χ4n) is 2.56. The van der Waals surface area contributed by atoms with Crippen LogP contribution in [0.5, 0.6) is 0 Å². The van der Waals surface area contributed by atoms with Crippen molar-refractivity contribution in [3.8, 4) is 0 Å². The Balaban J connectivity index is 2.07. The van der Waals surface area contributed by atoms with Crippen LogP contribution in [-0.2, 0) is 6.42 Å². The predicted octanol–water partition coefficient (Wildman–Crippen LogP) is 4.25. The molecule has 3 rings (SSSR count). The van der Waals surface area contributed by atoms with Crippen molar-refractivity contribution >= 4 is 27.4 Å². The molecule has 0 fully saturated rings. The minimum Gasteiger partial charge on any atom is -0.372 e. The second kappa shape index (κ2) is 5.45. The fourth-order valence-corrected chi connectivity index (χ4v) is 3.61. The Morgan fingerprint density at radius 3 is 2.67 bits per heavy atom. The van der Waals surface area contributed by atoms with E-state index in [1.807, 2.05) is 7.05 Å². The second-order valence-corrected chi connectivity index (χ2v) is 6.57. The van der Waals surface area contributed by atoms with Gasteiger partial charge in [-0.1, -0.05) is 29.8 Å². The van der Waals surface area contributed by atoms with Crippen LogP contribution in [0.25, 0.3) is 10.2 Å². The third kappa shape index (κ3) is 2.63. The molecule has 0 spiro atoms. The van der Waals surface area contributed by atoms with Crippen molar-refractivity contribution in [2.24, 2.45) is 0 Å². The van der Waals surface area contributed by atoms with Crippen molar-refractivity contribution in [2.45, 2.75) is 27.2 Å². The molecule has 2 aromatic heterocycles. The molecule has 21 heavy (non-hydrogen) atoms. The number of hydrogen-bond acceptors (Lipinski definition) is 4. The van der Waals surface area contributed by atoms with Crippen molar-refractivity contribution in [3.63, 3.8) is 0 Å². The fraction of sp³-hybridized carbons (Fsp3) is 0.294. The maximum atomic E-state index is 4.76. The van der Waals surface area contributed by atoms with E-state index in [1.165, 1.54) is 21.6 Å². The summed E-state index contributed by atoms with van der Waals surface area (Å²) in [6.07, 6.45) is 0.766. The molecule has 1 aromatic carbocycles. The molecule has 0 atom stereocenters. The van der Waals surface area contributed by atoms with Gasteiger partial charge < -0.3 is 5.32 Å². The van der Waals surface area contributed by atoms with E-state index in [4.69, 9.17) is 9.97 Å². The SMILES string of the molecule is CNc1nc(Cc2cccc(C)c2)nc2sc(C)c(C)c12. The lowest BCUT2D eigenvalue weighted by atomic mass is 10.1. The van der Waals surface area contributed by atoms with E-state index in [1.54, 1.807) is 11.3 Å². The first kappa shape index (κ1) is 14.0. The number of nitrogens with zero attached hydrogens (tertiary/aromatic N) is 2. The first-order valence-corrected chi connectivity index (χ1v) is 7.90. The zero-order chi connectivity index (χ0) is 15.0. The smallest absolute Gasteiger partial charge is 0.138 e. The van der Waals surface area contributed by atoms with Gasteiger partial charge in [0.05, 0.1) is 5.39 Å². The van der Waals surface area contributed by atoms with Gasteiger partial charge in [0.2, 0.25) is 0 Å². The quantitative estimate of drug-likeness (QED) is 0.785. The molecule has 1 N–H and O–H groups in total. The average Bonchev–Trinajstić information content (AvgIpc) is 2.73. The van der Waals surface area contributed by atoms with Crippen molar-refractivity contribution < 1.29 is 0 Å². The molecule has 0 aliphatic rings. The van der Waals surface area contributed by atoms with Crippen LogP contribution in [0.1, 0.15) is 27.4 Å². The Bertz CT molecular complexity index is 805. The Hall–Kier alpha value is -1.94. The van der Waals surface area contributed by atoms with Gasteiger partial charge in [-0.05, 0) is 31.9 Å². The molecular formula is C17H19N3S. The Morgan fingerprint density at radius 1 is 1.14 bits per heavy atom. The second-order valence-electron chi connectivity index (χ2n) is 5.37. The summed E-state index contributed by atoms with van der Waals surface area (Å²) in [5, 5.41) is 4.38. The van der Waals surface area contributed by atoms with Gasteiger partial charge >= 0.3 is 0 Å². The van der Waals surface area contributed by atoms with Crippen LogP contribution in [0.15, 0.2) is 24.3 Å². The van der Waals surface area contributed by atoms with Gasteiger partial charge in [-0.25, -0.2) is 9.97 Å². The number of hydrogen-bond donors (Lipinski definition) is 1. The van der Waals surface area contributed by atoms with Crippen LogP contribution in [0.2, 0.25) is 0 Å². The van der Waals surface area contributed by atoms with E-state index >= 15 is 0 Å². The number of aryl methyl sites for hydroxylation is 3. The molecule has 0 radical (unpaired) electrons. The zero-order valence-electron chi connectivity index (χ0n) is 12.8. The molecule has 0 unspecified atom stereocenters. The van der Waals surface area contributed by atoms with Gasteiger partial charge in [-0.2, -0.15) is 0 Å². The number of thiophene rings is 1. The zero-order valence-corrected chi connectivity index (χ0v) is 13.6. The van der Waals surface area contributed by atoms with Crippen molar-refractivity contribution in [1.29, 1.82) is 0 Å². The van der Waals surface area contributed by atoms with Gasteiger partial charge in [0, 0.05) is 18.3 Å². The van der Waals surface area contributed by atoms with E-state index < -0.39 is 0 Å². The molecule has 4 heteroatoms. The van der Waals surface area contributed by atoms with Gasteiger partial charge in [0.25, 0.3) is 0 Å². The summed E-state index contributed by atoms with van der Waals surface area (Å²) in [6.45, 7) is 6.39. The molecule has 0 bridgehead atoms. The highest BCUT2D eigenvalue weighted by Gasteiger charge is 2.13. The normalized spacial score (nSPS) is 11.0. The molecule has 2 heterocycles. The van der Waals surface area contributed by atoms with Crippen molar-refractivity contribution in [1.82, 2.24) is 9.97 Å². The molecule has 0 saturated carbocycles. The highest BCUT2D eigenvalue weighted by molar-refractivity contribution is 7.18. The van der Waals surface area contributed by atoms with Crippen LogP contribution in [0.3, 0.4) is 0 Å². The van der Waals surface area contributed by atoms with Crippen molar-refractivity contribution in [2.75, 3.05) is 12.4 Å². The first-order valence-electron chi connectivity index (χ1n) is 7.08. The van der Waals surface area contributed by atoms with Gasteiger partial charge in [-0.3, -0.25) is 0 Å². The molecule has 0 aliphatic heterocycles. The number of rotatable bonds is 3. The summed E-state index contributed by atoms with van der Waals surface area (Å²) in [4.78, 5) is 11.8. The Morgan fingerprint density at radius 2 is 1.95 bits per heavy atom. The number of anilines is 1. The van der Waals surface area contributed by atoms with Crippen molar-refractivity contribution in [3.05, 3.63) is 51.7 Å². The van der Waals surface area contributed by atoms with E-state index in [9.17, 15) is 0 Å². The van der Waals surface area contributed by atoms with Crippen LogP contribution in [0.4, 0.5) is 5.82 Å². The van der Waals surface area contributed by atoms with Gasteiger partial charge in [0.1, 0.15) is 16.5 Å². The molecule has 0 saturated heterocycles. The van der Waals surface area contributed by atoms with Crippen LogP contribution in [0, 0.1) is 20.8 Å². The van der Waals surface area contributed by atoms with E-state index in [2.05, 4.69) is 50.4 Å². The van der Waals surface area contributed by atoms with Gasteiger partial charge in [-0.15, -0.1) is 11.3 Å². The summed E-state index contributed by atoms with van der Waals surface area (Å²) in [7, 11) is 1.92. The van der Waals surface area contributed by atoms with E-state index in [-0.39, 0.29) is 0 Å². The third-order valence-corrected chi connectivity index (χ3v) is 4.86. The molecule has 0 amide bonds. The van der Waals surface area contributed by atoms with E-state index in [0.717, 1.165) is 28.3 Å². The van der Waals surface area contributed by atoms with Crippen LogP contribution < -0.4 is 5.32 Å². The molecule has 0 aliphatic carbocycles. The topological polar surface area (TPSA) is 37.8 Å². The lowest BCUT2D eigenvalue weighted by molar-refractivity contribution is 0.995. The Labute approximate surface area is 129 Å². The Kier molecular flexibility index (Phi) is 3.64. The van der Waals surface area contributed by atoms with Crippen LogP contribution in [-0.4, -0.2) is 17.0 Å². The predicted molar refractivity (Wildman–Crippen MR) is 90.4 cm³/mol. The summed E-state index contributed by atoms with van der Waals surface area (Å²) in [5.74, 6) is 1.81. The summed E-state index contributed by atoms with van der Waals surface area (Å²) < 4.78 is 0. The average molecular weight is 297 g/mol. The number of nitrogens with one attached hydrogen (secondary N) is 1. The lowest BCUT2D eigenvalue weighted by Crippen LogP contribution is -2.02. The summed E-state index contributed by atoms with van der Waals surface area (Å²) in [5.41, 5.74) is 3.80. The van der Waals surface area contributed by atoms with Crippen LogP contribution >= 0.6 is 11.3 Å². The minimum absolute atomic E-state index is 0.766. The number of benzene rings is 1. The highest BCUT2D eigenvalue weighted by atomic mass is 32.1. The van der Waals surface area contributed by atoms with E-state index in [0.29, 0.717) is 0 Å². The largest absolute Gasteiger partial charge is 0.372 e.